The fraction of sp³-hybridized carbons (Fsp3) is 0.273. The van der Waals surface area contributed by atoms with Crippen LogP contribution in [0.2, 0.25) is 0 Å². The molecular formula is C66H57N. The first-order chi connectivity index (χ1) is 32.9. The predicted molar refractivity (Wildman–Crippen MR) is 278 cm³/mol. The fourth-order valence-corrected chi connectivity index (χ4v) is 16.4. The highest BCUT2D eigenvalue weighted by molar-refractivity contribution is 5.89. The Morgan fingerprint density at radius 2 is 0.851 bits per heavy atom. The minimum absolute atomic E-state index is 0.0981. The molecule has 0 saturated heterocycles. The van der Waals surface area contributed by atoms with Gasteiger partial charge in [0.2, 0.25) is 0 Å². The van der Waals surface area contributed by atoms with E-state index in [0.717, 1.165) is 23.7 Å². The van der Waals surface area contributed by atoms with Gasteiger partial charge in [0.25, 0.3) is 0 Å². The quantitative estimate of drug-likeness (QED) is 0.167. The van der Waals surface area contributed by atoms with E-state index in [9.17, 15) is 0 Å². The Bertz CT molecular complexity index is 3330. The lowest BCUT2D eigenvalue weighted by Gasteiger charge is -2.61. The molecule has 5 saturated carbocycles. The second-order valence-corrected chi connectivity index (χ2v) is 22.4. The van der Waals surface area contributed by atoms with Crippen molar-refractivity contribution in [3.05, 3.63) is 209 Å². The molecule has 16 rings (SSSR count). The molecule has 8 aromatic rings. The van der Waals surface area contributed by atoms with Crippen LogP contribution in [0.3, 0.4) is 0 Å². The molecule has 67 heavy (non-hydrogen) atoms. The lowest BCUT2D eigenvalue weighted by molar-refractivity contribution is -0.0399. The third-order valence-electron chi connectivity index (χ3n) is 19.0. The molecule has 4 bridgehead atoms. The molecule has 0 atom stereocenters. The van der Waals surface area contributed by atoms with Crippen LogP contribution in [0.5, 0.6) is 0 Å². The first-order valence-corrected chi connectivity index (χ1v) is 25.6. The van der Waals surface area contributed by atoms with Crippen molar-refractivity contribution in [3.63, 3.8) is 0 Å². The Kier molecular flexibility index (Phi) is 7.97. The molecule has 0 amide bonds. The second-order valence-electron chi connectivity index (χ2n) is 22.4. The highest BCUT2D eigenvalue weighted by atomic mass is 15.1. The van der Waals surface area contributed by atoms with E-state index in [4.69, 9.17) is 0 Å². The lowest BCUT2D eigenvalue weighted by Crippen LogP contribution is -2.55. The zero-order chi connectivity index (χ0) is 44.2. The van der Waals surface area contributed by atoms with Gasteiger partial charge < -0.3 is 4.90 Å². The molecule has 8 aromatic carbocycles. The van der Waals surface area contributed by atoms with E-state index in [1.165, 1.54) is 147 Å². The van der Waals surface area contributed by atoms with E-state index < -0.39 is 0 Å². The van der Waals surface area contributed by atoms with Gasteiger partial charge in [-0.2, -0.15) is 0 Å². The Balaban J connectivity index is 0.847. The Morgan fingerprint density at radius 1 is 0.358 bits per heavy atom. The van der Waals surface area contributed by atoms with Crippen LogP contribution in [0.25, 0.3) is 55.6 Å². The molecule has 0 radical (unpaired) electrons. The van der Waals surface area contributed by atoms with Crippen molar-refractivity contribution >= 4 is 17.1 Å². The lowest BCUT2D eigenvalue weighted by atomic mass is 9.43. The van der Waals surface area contributed by atoms with E-state index in [1.807, 2.05) is 0 Å². The molecule has 0 aromatic heterocycles. The maximum Gasteiger partial charge on any atom is 0.0467 e. The average molecular weight is 864 g/mol. The second kappa shape index (κ2) is 13.8. The monoisotopic (exact) mass is 863 g/mol. The molecular weight excluding hydrogens is 807 g/mol. The van der Waals surface area contributed by atoms with E-state index in [-0.39, 0.29) is 16.2 Å². The minimum atomic E-state index is -0.0981. The van der Waals surface area contributed by atoms with Crippen molar-refractivity contribution in [1.82, 2.24) is 0 Å². The van der Waals surface area contributed by atoms with E-state index in [0.29, 0.717) is 0 Å². The standard InChI is InChI=1S/C66H57N/c1-64(2)58-17-6-3-14-52(58)55-29-26-51(40-61(55)64)67(49-24-20-43(21-25-49)45-22-27-56-53-15-4-7-18-59(53)65(62(56)38-45)30-9-10-31-65)50-13-11-12-44(37-50)46-23-28-57-54-16-5-8-19-60(54)66(63(57)39-46)47-33-41-32-42(35-47)36-48(66)34-41/h3-8,11-29,37-42,47-48H,9-10,30-36H2,1-2H3. The van der Waals surface area contributed by atoms with Gasteiger partial charge in [-0.1, -0.05) is 154 Å². The van der Waals surface area contributed by atoms with Crippen molar-refractivity contribution in [3.8, 4) is 55.6 Å². The molecule has 2 spiro atoms. The van der Waals surface area contributed by atoms with Crippen LogP contribution in [-0.2, 0) is 16.2 Å². The molecule has 1 nitrogen and oxygen atoms in total. The zero-order valence-corrected chi connectivity index (χ0v) is 38.9. The van der Waals surface area contributed by atoms with Gasteiger partial charge in [0.05, 0.1) is 0 Å². The number of hydrogen-bond donors (Lipinski definition) is 0. The molecule has 0 unspecified atom stereocenters. The van der Waals surface area contributed by atoms with Crippen LogP contribution in [0.1, 0.15) is 105 Å². The summed E-state index contributed by atoms with van der Waals surface area (Å²) in [6, 6.07) is 68.7. The van der Waals surface area contributed by atoms with Gasteiger partial charge in [-0.05, 0) is 206 Å². The molecule has 0 heterocycles. The highest BCUT2D eigenvalue weighted by Crippen LogP contribution is 2.69. The first kappa shape index (κ1) is 38.6. The summed E-state index contributed by atoms with van der Waals surface area (Å²) >= 11 is 0. The van der Waals surface area contributed by atoms with Gasteiger partial charge in [0, 0.05) is 33.3 Å². The van der Waals surface area contributed by atoms with Crippen molar-refractivity contribution in [2.75, 3.05) is 4.90 Å². The van der Waals surface area contributed by atoms with Gasteiger partial charge in [-0.25, -0.2) is 0 Å². The summed E-state index contributed by atoms with van der Waals surface area (Å²) in [5.74, 6) is 3.36. The number of fused-ring (bicyclic) bond motifs is 11. The Morgan fingerprint density at radius 3 is 1.57 bits per heavy atom. The Labute approximate surface area is 396 Å². The van der Waals surface area contributed by atoms with Gasteiger partial charge in [-0.15, -0.1) is 0 Å². The smallest absolute Gasteiger partial charge is 0.0467 e. The summed E-state index contributed by atoms with van der Waals surface area (Å²) < 4.78 is 0. The van der Waals surface area contributed by atoms with Crippen LogP contribution >= 0.6 is 0 Å². The average Bonchev–Trinajstić information content (AvgIpc) is 4.10. The summed E-state index contributed by atoms with van der Waals surface area (Å²) in [6.45, 7) is 4.79. The third kappa shape index (κ3) is 5.21. The summed E-state index contributed by atoms with van der Waals surface area (Å²) in [7, 11) is 0. The van der Waals surface area contributed by atoms with Crippen molar-refractivity contribution < 1.29 is 0 Å². The predicted octanol–water partition coefficient (Wildman–Crippen LogP) is 17.4. The minimum Gasteiger partial charge on any atom is -0.310 e. The maximum atomic E-state index is 2.65. The number of hydrogen-bond acceptors (Lipinski definition) is 1. The summed E-state index contributed by atoms with van der Waals surface area (Å²) in [6.07, 6.45) is 12.2. The van der Waals surface area contributed by atoms with E-state index in [1.54, 1.807) is 16.7 Å². The maximum absolute atomic E-state index is 2.65. The zero-order valence-electron chi connectivity index (χ0n) is 38.9. The largest absolute Gasteiger partial charge is 0.310 e. The van der Waals surface area contributed by atoms with Crippen LogP contribution < -0.4 is 4.90 Å². The third-order valence-corrected chi connectivity index (χ3v) is 19.0. The van der Waals surface area contributed by atoms with Crippen molar-refractivity contribution in [1.29, 1.82) is 0 Å². The highest BCUT2D eigenvalue weighted by Gasteiger charge is 2.61. The summed E-state index contributed by atoms with van der Waals surface area (Å²) in [4.78, 5) is 2.52. The van der Waals surface area contributed by atoms with Crippen LogP contribution in [-0.4, -0.2) is 0 Å². The topological polar surface area (TPSA) is 3.24 Å². The van der Waals surface area contributed by atoms with E-state index in [2.05, 4.69) is 195 Å². The molecule has 1 heteroatoms. The summed E-state index contributed by atoms with van der Waals surface area (Å²) in [5.41, 5.74) is 26.7. The van der Waals surface area contributed by atoms with Crippen LogP contribution in [0.15, 0.2) is 176 Å². The molecule has 326 valence electrons. The van der Waals surface area contributed by atoms with Crippen molar-refractivity contribution in [2.45, 2.75) is 87.9 Å². The summed E-state index contributed by atoms with van der Waals surface area (Å²) in [5, 5.41) is 0. The van der Waals surface area contributed by atoms with Gasteiger partial charge in [0.1, 0.15) is 0 Å². The van der Waals surface area contributed by atoms with E-state index >= 15 is 0 Å². The number of benzene rings is 8. The van der Waals surface area contributed by atoms with Gasteiger partial charge in [0.15, 0.2) is 0 Å². The number of rotatable bonds is 5. The molecule has 0 N–H and O–H groups in total. The van der Waals surface area contributed by atoms with Gasteiger partial charge in [-0.3, -0.25) is 0 Å². The fourth-order valence-electron chi connectivity index (χ4n) is 16.4. The van der Waals surface area contributed by atoms with Crippen LogP contribution in [0.4, 0.5) is 17.1 Å². The molecule has 5 fully saturated rings. The normalized spacial score (nSPS) is 24.3. The van der Waals surface area contributed by atoms with Gasteiger partial charge >= 0.3 is 0 Å². The van der Waals surface area contributed by atoms with Crippen LogP contribution in [0, 0.1) is 23.7 Å². The first-order valence-electron chi connectivity index (χ1n) is 25.6. The molecule has 8 aliphatic rings. The number of nitrogens with zero attached hydrogens (tertiary/aromatic N) is 1. The van der Waals surface area contributed by atoms with Crippen molar-refractivity contribution in [2.24, 2.45) is 23.7 Å². The molecule has 0 aliphatic heterocycles. The molecule has 8 aliphatic carbocycles. The Hall–Kier alpha value is -6.44. The number of anilines is 3. The SMILES string of the molecule is CC1(C)c2ccccc2-c2ccc(N(c3ccc(-c4ccc5c(c4)C4(CCCC4)c4ccccc4-5)cc3)c3cccc(-c4ccc5c(c4)C4(c6ccccc6-5)C5CC6CC(C5)CC4C6)c3)cc21.